The van der Waals surface area contributed by atoms with Crippen LogP contribution in [0.15, 0.2) is 30.9 Å². The molecular formula is C10H12FNO. The van der Waals surface area contributed by atoms with E-state index in [0.29, 0.717) is 0 Å². The predicted molar refractivity (Wildman–Crippen MR) is 49.4 cm³/mol. The molecule has 2 nitrogen and oxygen atoms in total. The first-order chi connectivity index (χ1) is 6.19. The fourth-order valence-electron chi connectivity index (χ4n) is 1.06. The van der Waals surface area contributed by atoms with Crippen molar-refractivity contribution >= 4 is 0 Å². The number of benzene rings is 1. The predicted octanol–water partition coefficient (Wildman–Crippen LogP) is 1.50. The molecule has 13 heavy (non-hydrogen) atoms. The molecule has 0 unspecified atom stereocenters. The summed E-state index contributed by atoms with van der Waals surface area (Å²) in [7, 11) is 0. The molecule has 0 aliphatic heterocycles. The number of aliphatic hydroxyl groups is 1. The van der Waals surface area contributed by atoms with Crippen molar-refractivity contribution in [1.82, 2.24) is 0 Å². The summed E-state index contributed by atoms with van der Waals surface area (Å²) in [5, 5.41) is 8.79. The Kier molecular flexibility index (Phi) is 3.17. The summed E-state index contributed by atoms with van der Waals surface area (Å²) < 4.78 is 12.9. The van der Waals surface area contributed by atoms with Crippen LogP contribution in [0, 0.1) is 5.82 Å². The summed E-state index contributed by atoms with van der Waals surface area (Å²) in [5.74, 6) is -0.414. The van der Waals surface area contributed by atoms with Crippen molar-refractivity contribution in [3.05, 3.63) is 47.8 Å². The van der Waals surface area contributed by atoms with Crippen LogP contribution in [0.2, 0.25) is 0 Å². The van der Waals surface area contributed by atoms with Gasteiger partial charge in [-0.15, -0.1) is 6.58 Å². The van der Waals surface area contributed by atoms with Crippen LogP contribution in [0.3, 0.4) is 0 Å². The third kappa shape index (κ3) is 2.14. The van der Waals surface area contributed by atoms with Crippen molar-refractivity contribution < 1.29 is 9.50 Å². The zero-order chi connectivity index (χ0) is 9.84. The van der Waals surface area contributed by atoms with Gasteiger partial charge in [0.25, 0.3) is 0 Å². The number of hydrogen-bond acceptors (Lipinski definition) is 2. The minimum absolute atomic E-state index is 0.259. The highest BCUT2D eigenvalue weighted by Gasteiger charge is 2.05. The van der Waals surface area contributed by atoms with E-state index < -0.39 is 5.82 Å². The molecule has 3 heteroatoms. The van der Waals surface area contributed by atoms with Crippen LogP contribution in [0.5, 0.6) is 0 Å². The van der Waals surface area contributed by atoms with E-state index in [1.807, 2.05) is 0 Å². The van der Waals surface area contributed by atoms with Gasteiger partial charge in [-0.25, -0.2) is 4.39 Å². The van der Waals surface area contributed by atoms with Crippen molar-refractivity contribution in [1.29, 1.82) is 0 Å². The molecule has 0 aliphatic carbocycles. The van der Waals surface area contributed by atoms with E-state index in [4.69, 9.17) is 10.8 Å². The van der Waals surface area contributed by atoms with E-state index in [2.05, 4.69) is 6.58 Å². The van der Waals surface area contributed by atoms with Crippen LogP contribution in [0.1, 0.15) is 17.2 Å². The van der Waals surface area contributed by atoms with Gasteiger partial charge in [-0.05, 0) is 17.7 Å². The van der Waals surface area contributed by atoms with Gasteiger partial charge in [0.2, 0.25) is 0 Å². The summed E-state index contributed by atoms with van der Waals surface area (Å²) in [6.07, 6.45) is 1.56. The van der Waals surface area contributed by atoms with Crippen LogP contribution in [-0.2, 0) is 6.61 Å². The second-order valence-electron chi connectivity index (χ2n) is 2.77. The summed E-state index contributed by atoms with van der Waals surface area (Å²) in [6, 6.07) is 4.11. The smallest absolute Gasteiger partial charge is 0.128 e. The van der Waals surface area contributed by atoms with Gasteiger partial charge >= 0.3 is 0 Å². The lowest BCUT2D eigenvalue weighted by atomic mass is 10.0. The highest BCUT2D eigenvalue weighted by atomic mass is 19.1. The molecule has 0 spiro atoms. The highest BCUT2D eigenvalue weighted by molar-refractivity contribution is 5.28. The molecule has 0 bridgehead atoms. The Hall–Kier alpha value is -1.19. The van der Waals surface area contributed by atoms with Gasteiger partial charge in [-0.3, -0.25) is 0 Å². The fraction of sp³-hybridized carbons (Fsp3) is 0.200. The summed E-state index contributed by atoms with van der Waals surface area (Å²) in [4.78, 5) is 0. The van der Waals surface area contributed by atoms with E-state index in [-0.39, 0.29) is 18.2 Å². The second-order valence-corrected chi connectivity index (χ2v) is 2.77. The first-order valence-electron chi connectivity index (χ1n) is 3.96. The standard InChI is InChI=1S/C10H12FNO/c1-2-10(12)7-3-4-9(11)8(5-7)6-13/h2-5,10,13H,1,6,12H2/t10-/m1/s1. The van der Waals surface area contributed by atoms with Crippen LogP contribution >= 0.6 is 0 Å². The molecule has 0 radical (unpaired) electrons. The van der Waals surface area contributed by atoms with Gasteiger partial charge in [0.1, 0.15) is 5.82 Å². The Morgan fingerprint density at radius 2 is 2.31 bits per heavy atom. The molecule has 1 aromatic carbocycles. The minimum atomic E-state index is -0.414. The average molecular weight is 181 g/mol. The van der Waals surface area contributed by atoms with Gasteiger partial charge in [0, 0.05) is 11.6 Å². The normalized spacial score (nSPS) is 12.5. The molecular weight excluding hydrogens is 169 g/mol. The second kappa shape index (κ2) is 4.16. The number of aliphatic hydroxyl groups excluding tert-OH is 1. The number of halogens is 1. The maximum Gasteiger partial charge on any atom is 0.128 e. The first-order valence-corrected chi connectivity index (χ1v) is 3.96. The molecule has 0 aliphatic rings. The van der Waals surface area contributed by atoms with E-state index in [0.717, 1.165) is 5.56 Å². The van der Waals surface area contributed by atoms with Crippen LogP contribution in [-0.4, -0.2) is 5.11 Å². The van der Waals surface area contributed by atoms with Crippen molar-refractivity contribution in [2.24, 2.45) is 5.73 Å². The van der Waals surface area contributed by atoms with Crippen LogP contribution < -0.4 is 5.73 Å². The monoisotopic (exact) mass is 181 g/mol. The van der Waals surface area contributed by atoms with Gasteiger partial charge in [0.05, 0.1) is 6.61 Å². The SMILES string of the molecule is C=C[C@@H](N)c1ccc(F)c(CO)c1. The molecule has 0 amide bonds. The zero-order valence-corrected chi connectivity index (χ0v) is 7.20. The van der Waals surface area contributed by atoms with E-state index in [1.165, 1.54) is 6.07 Å². The lowest BCUT2D eigenvalue weighted by Gasteiger charge is -2.08. The molecule has 0 heterocycles. The van der Waals surface area contributed by atoms with Gasteiger partial charge < -0.3 is 10.8 Å². The van der Waals surface area contributed by atoms with Gasteiger partial charge in [-0.1, -0.05) is 12.1 Å². The summed E-state index contributed by atoms with van der Waals surface area (Å²) in [6.45, 7) is 3.22. The molecule has 1 atom stereocenters. The minimum Gasteiger partial charge on any atom is -0.392 e. The summed E-state index contributed by atoms with van der Waals surface area (Å²) >= 11 is 0. The molecule has 0 fully saturated rings. The lowest BCUT2D eigenvalue weighted by Crippen LogP contribution is -2.07. The molecule has 0 saturated heterocycles. The van der Waals surface area contributed by atoms with E-state index in [9.17, 15) is 4.39 Å². The topological polar surface area (TPSA) is 46.2 Å². The molecule has 3 N–H and O–H groups in total. The number of hydrogen-bond donors (Lipinski definition) is 2. The largest absolute Gasteiger partial charge is 0.392 e. The maximum atomic E-state index is 12.9. The molecule has 1 aromatic rings. The molecule has 70 valence electrons. The van der Waals surface area contributed by atoms with Gasteiger partial charge in [-0.2, -0.15) is 0 Å². The average Bonchev–Trinajstić information content (AvgIpc) is 2.17. The third-order valence-corrected chi connectivity index (χ3v) is 1.88. The Balaban J connectivity index is 3.05. The van der Waals surface area contributed by atoms with Crippen molar-refractivity contribution in [3.8, 4) is 0 Å². The van der Waals surface area contributed by atoms with Crippen molar-refractivity contribution in [2.45, 2.75) is 12.6 Å². The van der Waals surface area contributed by atoms with Crippen LogP contribution in [0.4, 0.5) is 4.39 Å². The van der Waals surface area contributed by atoms with Crippen molar-refractivity contribution in [3.63, 3.8) is 0 Å². The molecule has 1 rings (SSSR count). The third-order valence-electron chi connectivity index (χ3n) is 1.88. The first kappa shape index (κ1) is 9.89. The van der Waals surface area contributed by atoms with E-state index >= 15 is 0 Å². The Labute approximate surface area is 76.5 Å². The number of rotatable bonds is 3. The van der Waals surface area contributed by atoms with Crippen LogP contribution in [0.25, 0.3) is 0 Å². The number of nitrogens with two attached hydrogens (primary N) is 1. The Bertz CT molecular complexity index is 312. The lowest BCUT2D eigenvalue weighted by molar-refractivity contribution is 0.275. The van der Waals surface area contributed by atoms with E-state index in [1.54, 1.807) is 18.2 Å². The molecule has 0 aromatic heterocycles. The van der Waals surface area contributed by atoms with Gasteiger partial charge in [0.15, 0.2) is 0 Å². The fourth-order valence-corrected chi connectivity index (χ4v) is 1.06. The Morgan fingerprint density at radius 1 is 1.62 bits per heavy atom. The zero-order valence-electron chi connectivity index (χ0n) is 7.20. The van der Waals surface area contributed by atoms with Crippen molar-refractivity contribution in [2.75, 3.05) is 0 Å². The Morgan fingerprint density at radius 3 is 2.85 bits per heavy atom. The quantitative estimate of drug-likeness (QED) is 0.694. The summed E-state index contributed by atoms with van der Waals surface area (Å²) in [5.41, 5.74) is 6.66. The molecule has 0 saturated carbocycles. The maximum absolute atomic E-state index is 12.9. The highest BCUT2D eigenvalue weighted by Crippen LogP contribution is 2.16.